The monoisotopic (exact) mass is 714 g/mol. The highest BCUT2D eigenvalue weighted by Gasteiger charge is 2.47. The molecule has 0 radical (unpaired) electrons. The van der Waals surface area contributed by atoms with Gasteiger partial charge in [0.2, 0.25) is 6.10 Å². The molecule has 0 amide bonds. The maximum absolute atomic E-state index is 12.6. The topological polar surface area (TPSA) is 215 Å². The SMILES string of the molecule is C.C.COc1cc(O)c2c(=O)oc([C@@H](C)C(=O)O)cc2c1.COc1cc(OC(C)=O)c2c(=O)oc([C@@H](C)C(=O)O[C@H]3C(=O)OCC3(C)C)cc2c1. The van der Waals surface area contributed by atoms with Gasteiger partial charge in [-0.1, -0.05) is 28.7 Å². The number of carboxylic acid groups (broad SMARTS) is 1. The van der Waals surface area contributed by atoms with Crippen LogP contribution in [0.15, 0.2) is 54.8 Å². The number of rotatable bonds is 8. The fourth-order valence-electron chi connectivity index (χ4n) is 4.87. The second-order valence-electron chi connectivity index (χ2n) is 11.9. The number of phenolic OH excluding ortho intramolecular Hbond substituents is 1. The summed E-state index contributed by atoms with van der Waals surface area (Å²) in [6.07, 6.45) is -1.05. The minimum Gasteiger partial charge on any atom is -0.507 e. The van der Waals surface area contributed by atoms with E-state index in [9.17, 15) is 33.9 Å². The Morgan fingerprint density at radius 1 is 0.824 bits per heavy atom. The number of benzene rings is 2. The molecule has 3 atom stereocenters. The Morgan fingerprint density at radius 3 is 1.82 bits per heavy atom. The summed E-state index contributed by atoms with van der Waals surface area (Å²) in [5, 5.41) is 19.4. The predicted octanol–water partition coefficient (Wildman–Crippen LogP) is 5.29. The van der Waals surface area contributed by atoms with E-state index in [0.29, 0.717) is 22.3 Å². The lowest BCUT2D eigenvalue weighted by Crippen LogP contribution is -2.36. The van der Waals surface area contributed by atoms with Gasteiger partial charge in [-0.15, -0.1) is 0 Å². The molecule has 0 saturated carbocycles. The number of aromatic hydroxyl groups is 1. The molecule has 1 aliphatic heterocycles. The number of fused-ring (bicyclic) bond motifs is 2. The Hall–Kier alpha value is -5.86. The van der Waals surface area contributed by atoms with E-state index in [1.165, 1.54) is 65.3 Å². The van der Waals surface area contributed by atoms with Gasteiger partial charge in [0.1, 0.15) is 63.7 Å². The fraction of sp³-hybridized carbons (Fsp3) is 0.389. The number of cyclic esters (lactones) is 1. The first-order chi connectivity index (χ1) is 23.0. The van der Waals surface area contributed by atoms with Crippen LogP contribution >= 0.6 is 0 Å². The van der Waals surface area contributed by atoms with Crippen LogP contribution in [0.1, 0.15) is 72.8 Å². The number of carbonyl (C=O) groups is 4. The average molecular weight is 715 g/mol. The number of carbonyl (C=O) groups excluding carboxylic acids is 3. The molecule has 276 valence electrons. The summed E-state index contributed by atoms with van der Waals surface area (Å²) in [7, 11) is 2.85. The summed E-state index contributed by atoms with van der Waals surface area (Å²) in [5.41, 5.74) is -2.23. The first kappa shape index (κ1) is 41.3. The Bertz CT molecular complexity index is 2070. The third-order valence-electron chi connectivity index (χ3n) is 7.70. The standard InChI is InChI=1S/C21H22O9.C13H12O6.2CH4/c1-10(18(23)30-17-20(25)27-9-21(17,3)4)14-7-12-6-13(26-5)8-15(28-11(2)22)16(12)19(24)29-14;1-6(12(15)16)10-4-7-3-8(18-2)5-9(14)11(7)13(17)19-10;;/h6-8,10,17H,9H2,1-5H3;3-6,14H,1-2H3,(H,15,16);2*1H4/t10-,17+;6-;;/m11../s1. The Balaban J connectivity index is 0.000000372. The molecule has 0 bridgehead atoms. The van der Waals surface area contributed by atoms with Crippen molar-refractivity contribution >= 4 is 45.4 Å². The normalized spacial score (nSPS) is 15.5. The molecule has 2 aromatic heterocycles. The van der Waals surface area contributed by atoms with E-state index in [2.05, 4.69) is 0 Å². The predicted molar refractivity (Wildman–Crippen MR) is 184 cm³/mol. The van der Waals surface area contributed by atoms with Gasteiger partial charge in [0.25, 0.3) is 0 Å². The molecule has 0 spiro atoms. The number of ether oxygens (including phenoxy) is 5. The molecule has 2 N–H and O–H groups in total. The average Bonchev–Trinajstić information content (AvgIpc) is 3.29. The van der Waals surface area contributed by atoms with Crippen molar-refractivity contribution in [2.75, 3.05) is 20.8 Å². The highest BCUT2D eigenvalue weighted by atomic mass is 16.6. The van der Waals surface area contributed by atoms with Gasteiger partial charge in [0, 0.05) is 24.5 Å². The zero-order valence-corrected chi connectivity index (χ0v) is 27.6. The Morgan fingerprint density at radius 2 is 1.33 bits per heavy atom. The van der Waals surface area contributed by atoms with Crippen molar-refractivity contribution < 1.29 is 61.9 Å². The molecular formula is C36H42O15. The van der Waals surface area contributed by atoms with Crippen molar-refractivity contribution in [3.63, 3.8) is 0 Å². The number of aliphatic carboxylic acids is 1. The minimum absolute atomic E-state index is 0. The highest BCUT2D eigenvalue weighted by molar-refractivity contribution is 5.92. The van der Waals surface area contributed by atoms with Crippen LogP contribution in [0.2, 0.25) is 0 Å². The van der Waals surface area contributed by atoms with Crippen LogP contribution in [-0.2, 0) is 28.7 Å². The largest absolute Gasteiger partial charge is 0.507 e. The number of hydrogen-bond donors (Lipinski definition) is 2. The minimum atomic E-state index is -1.10. The van der Waals surface area contributed by atoms with Gasteiger partial charge >= 0.3 is 35.1 Å². The number of methoxy groups -OCH3 is 2. The number of carboxylic acids is 1. The summed E-state index contributed by atoms with van der Waals surface area (Å²) >= 11 is 0. The van der Waals surface area contributed by atoms with Crippen LogP contribution < -0.4 is 25.5 Å². The number of phenols is 1. The maximum atomic E-state index is 12.6. The summed E-state index contributed by atoms with van der Waals surface area (Å²) in [6, 6.07) is 8.65. The van der Waals surface area contributed by atoms with Gasteiger partial charge in [0.05, 0.1) is 14.2 Å². The van der Waals surface area contributed by atoms with Gasteiger partial charge in [-0.05, 0) is 48.9 Å². The lowest BCUT2D eigenvalue weighted by Gasteiger charge is -2.23. The lowest BCUT2D eigenvalue weighted by molar-refractivity contribution is -0.164. The van der Waals surface area contributed by atoms with Crippen LogP contribution in [0, 0.1) is 5.41 Å². The van der Waals surface area contributed by atoms with Crippen molar-refractivity contribution in [1.82, 2.24) is 0 Å². The Labute approximate surface area is 292 Å². The van der Waals surface area contributed by atoms with Crippen molar-refractivity contribution in [2.45, 2.75) is 67.4 Å². The van der Waals surface area contributed by atoms with Gasteiger partial charge in [-0.2, -0.15) is 0 Å². The fourth-order valence-corrected chi connectivity index (χ4v) is 4.87. The van der Waals surface area contributed by atoms with Crippen LogP contribution in [0.25, 0.3) is 21.5 Å². The van der Waals surface area contributed by atoms with Crippen molar-refractivity contribution in [3.05, 3.63) is 68.8 Å². The van der Waals surface area contributed by atoms with Crippen molar-refractivity contribution in [1.29, 1.82) is 0 Å². The van der Waals surface area contributed by atoms with E-state index in [-0.39, 0.29) is 55.3 Å². The summed E-state index contributed by atoms with van der Waals surface area (Å²) in [5.74, 6) is -4.51. The van der Waals surface area contributed by atoms with Gasteiger partial charge in [0.15, 0.2) is 0 Å². The van der Waals surface area contributed by atoms with Crippen LogP contribution in [0.4, 0.5) is 0 Å². The molecule has 0 aliphatic carbocycles. The van der Waals surface area contributed by atoms with E-state index < -0.39 is 58.5 Å². The zero-order chi connectivity index (χ0) is 36.4. The second kappa shape index (κ2) is 16.2. The smallest absolute Gasteiger partial charge is 0.348 e. The number of esters is 3. The lowest BCUT2D eigenvalue weighted by atomic mass is 9.89. The van der Waals surface area contributed by atoms with Crippen molar-refractivity contribution in [2.24, 2.45) is 5.41 Å². The van der Waals surface area contributed by atoms with E-state index in [4.69, 9.17) is 37.6 Å². The molecule has 51 heavy (non-hydrogen) atoms. The first-order valence-corrected chi connectivity index (χ1v) is 14.8. The van der Waals surface area contributed by atoms with E-state index in [1.807, 2.05) is 0 Å². The van der Waals surface area contributed by atoms with Crippen molar-refractivity contribution in [3.8, 4) is 23.0 Å². The van der Waals surface area contributed by atoms with Gasteiger partial charge in [-0.3, -0.25) is 14.4 Å². The van der Waals surface area contributed by atoms with Gasteiger partial charge in [-0.25, -0.2) is 14.4 Å². The molecular weight excluding hydrogens is 672 g/mol. The van der Waals surface area contributed by atoms with E-state index in [1.54, 1.807) is 19.9 Å². The third kappa shape index (κ3) is 8.84. The number of hydrogen-bond acceptors (Lipinski definition) is 14. The summed E-state index contributed by atoms with van der Waals surface area (Å²) in [4.78, 5) is 71.2. The molecule has 1 saturated heterocycles. The van der Waals surface area contributed by atoms with Crippen LogP contribution in [-0.4, -0.2) is 61.0 Å². The van der Waals surface area contributed by atoms with E-state index >= 15 is 0 Å². The quantitative estimate of drug-likeness (QED) is 0.175. The molecule has 15 heteroatoms. The molecule has 15 nitrogen and oxygen atoms in total. The van der Waals surface area contributed by atoms with E-state index in [0.717, 1.165) is 0 Å². The van der Waals surface area contributed by atoms with Crippen LogP contribution in [0.3, 0.4) is 0 Å². The molecule has 0 unspecified atom stereocenters. The third-order valence-corrected chi connectivity index (χ3v) is 7.70. The summed E-state index contributed by atoms with van der Waals surface area (Å²) in [6.45, 7) is 7.75. The maximum Gasteiger partial charge on any atom is 0.348 e. The molecule has 5 rings (SSSR count). The molecule has 2 aromatic carbocycles. The Kier molecular flexibility index (Phi) is 13.1. The second-order valence-corrected chi connectivity index (χ2v) is 11.9. The summed E-state index contributed by atoms with van der Waals surface area (Å²) < 4.78 is 35.8. The first-order valence-electron chi connectivity index (χ1n) is 14.8. The van der Waals surface area contributed by atoms with Crippen LogP contribution in [0.5, 0.6) is 23.0 Å². The molecule has 4 aromatic rings. The zero-order valence-electron chi connectivity index (χ0n) is 27.6. The van der Waals surface area contributed by atoms with Gasteiger partial charge < -0.3 is 42.7 Å². The highest BCUT2D eigenvalue weighted by Crippen LogP contribution is 2.34. The molecule has 1 fully saturated rings. The molecule has 1 aliphatic rings. The molecule has 3 heterocycles.